The van der Waals surface area contributed by atoms with E-state index in [2.05, 4.69) is 15.3 Å². The Balaban J connectivity index is 1.87. The van der Waals surface area contributed by atoms with Crippen LogP contribution < -0.4 is 5.32 Å². The summed E-state index contributed by atoms with van der Waals surface area (Å²) in [7, 11) is 0. The van der Waals surface area contributed by atoms with Gasteiger partial charge in [-0.15, -0.1) is 0 Å². The highest BCUT2D eigenvalue weighted by Crippen LogP contribution is 2.15. The third kappa shape index (κ3) is 4.57. The first-order chi connectivity index (χ1) is 9.63. The van der Waals surface area contributed by atoms with Crippen molar-refractivity contribution >= 4 is 41.2 Å². The molecule has 6 heteroatoms. The van der Waals surface area contributed by atoms with Crippen molar-refractivity contribution in [2.45, 2.75) is 0 Å². The zero-order chi connectivity index (χ0) is 14.4. The van der Waals surface area contributed by atoms with E-state index in [-0.39, 0.29) is 0 Å². The molecule has 1 N–H and O–H groups in total. The van der Waals surface area contributed by atoms with Gasteiger partial charge in [0.05, 0.1) is 6.21 Å². The lowest BCUT2D eigenvalue weighted by molar-refractivity contribution is 0.167. The van der Waals surface area contributed by atoms with Gasteiger partial charge in [0, 0.05) is 15.7 Å². The Hall–Kier alpha value is -2.04. The third-order valence-electron chi connectivity index (χ3n) is 2.28. The Morgan fingerprint density at radius 3 is 2.55 bits per heavy atom. The first kappa shape index (κ1) is 14.4. The molecule has 0 saturated carbocycles. The van der Waals surface area contributed by atoms with Crippen molar-refractivity contribution in [2.24, 2.45) is 5.16 Å². The fourth-order valence-corrected chi connectivity index (χ4v) is 1.71. The van der Waals surface area contributed by atoms with E-state index in [9.17, 15) is 4.79 Å². The number of carbonyl (C=O) groups excluding carboxylic acids is 1. The molecule has 0 aliphatic rings. The van der Waals surface area contributed by atoms with Crippen LogP contribution >= 0.6 is 23.2 Å². The van der Waals surface area contributed by atoms with Crippen molar-refractivity contribution in [1.82, 2.24) is 0 Å². The maximum Gasteiger partial charge on any atom is 0.437 e. The van der Waals surface area contributed by atoms with Crippen molar-refractivity contribution in [1.29, 1.82) is 0 Å². The second-order valence-electron chi connectivity index (χ2n) is 3.80. The number of nitrogens with one attached hydrogen (secondary N) is 1. The molecule has 0 saturated heterocycles. The van der Waals surface area contributed by atoms with Crippen LogP contribution in [0.15, 0.2) is 53.7 Å². The maximum absolute atomic E-state index is 11.5. The minimum atomic E-state index is -0.697. The number of nitrogens with zero attached hydrogens (tertiary/aromatic N) is 1. The summed E-state index contributed by atoms with van der Waals surface area (Å²) in [5.41, 5.74) is 1.30. The van der Waals surface area contributed by atoms with Crippen molar-refractivity contribution in [3.8, 4) is 0 Å². The van der Waals surface area contributed by atoms with Crippen molar-refractivity contribution < 1.29 is 9.63 Å². The molecule has 0 unspecified atom stereocenters. The van der Waals surface area contributed by atoms with Crippen LogP contribution in [0.5, 0.6) is 0 Å². The highest BCUT2D eigenvalue weighted by Gasteiger charge is 2.02. The Morgan fingerprint density at radius 2 is 1.85 bits per heavy atom. The van der Waals surface area contributed by atoms with Crippen molar-refractivity contribution in [2.75, 3.05) is 5.32 Å². The molecule has 102 valence electrons. The minimum absolute atomic E-state index is 0.521. The van der Waals surface area contributed by atoms with E-state index >= 15 is 0 Å². The Kier molecular flexibility index (Phi) is 4.98. The van der Waals surface area contributed by atoms with Gasteiger partial charge in [0.15, 0.2) is 0 Å². The Morgan fingerprint density at radius 1 is 1.10 bits per heavy atom. The van der Waals surface area contributed by atoms with Gasteiger partial charge in [-0.2, -0.15) is 0 Å². The molecule has 2 rings (SSSR count). The van der Waals surface area contributed by atoms with Crippen LogP contribution in [0.3, 0.4) is 0 Å². The van der Waals surface area contributed by atoms with Gasteiger partial charge in [0.1, 0.15) is 0 Å². The van der Waals surface area contributed by atoms with E-state index in [0.717, 1.165) is 5.56 Å². The summed E-state index contributed by atoms with van der Waals surface area (Å²) >= 11 is 11.5. The highest BCUT2D eigenvalue weighted by atomic mass is 35.5. The topological polar surface area (TPSA) is 50.7 Å². The van der Waals surface area contributed by atoms with E-state index in [1.165, 1.54) is 6.21 Å². The van der Waals surface area contributed by atoms with Crippen LogP contribution in [0.4, 0.5) is 10.5 Å². The van der Waals surface area contributed by atoms with Crippen LogP contribution in [-0.2, 0) is 4.84 Å². The minimum Gasteiger partial charge on any atom is -0.298 e. The van der Waals surface area contributed by atoms with Gasteiger partial charge in [-0.05, 0) is 35.9 Å². The lowest BCUT2D eigenvalue weighted by atomic mass is 10.2. The summed E-state index contributed by atoms with van der Waals surface area (Å²) in [6, 6.07) is 13.7. The SMILES string of the molecule is O=C(Nc1cccc(Cl)c1)O/N=C\c1ccc(Cl)cc1. The second-order valence-corrected chi connectivity index (χ2v) is 4.67. The number of anilines is 1. The molecule has 0 bridgehead atoms. The molecule has 0 aliphatic carbocycles. The van der Waals surface area contributed by atoms with E-state index in [1.54, 1.807) is 48.5 Å². The van der Waals surface area contributed by atoms with E-state index in [0.29, 0.717) is 15.7 Å². The summed E-state index contributed by atoms with van der Waals surface area (Å²) in [6.07, 6.45) is 0.714. The number of amides is 1. The summed E-state index contributed by atoms with van der Waals surface area (Å²) in [6.45, 7) is 0. The number of hydrogen-bond donors (Lipinski definition) is 1. The molecule has 2 aromatic carbocycles. The van der Waals surface area contributed by atoms with Crippen LogP contribution in [0, 0.1) is 0 Å². The zero-order valence-electron chi connectivity index (χ0n) is 10.2. The van der Waals surface area contributed by atoms with Gasteiger partial charge in [0.25, 0.3) is 0 Å². The monoisotopic (exact) mass is 308 g/mol. The second kappa shape index (κ2) is 6.93. The predicted molar refractivity (Wildman–Crippen MR) is 80.6 cm³/mol. The Bertz CT molecular complexity index is 627. The van der Waals surface area contributed by atoms with Gasteiger partial charge >= 0.3 is 6.09 Å². The molecular formula is C14H10Cl2N2O2. The van der Waals surface area contributed by atoms with E-state index < -0.39 is 6.09 Å². The highest BCUT2D eigenvalue weighted by molar-refractivity contribution is 6.31. The average Bonchev–Trinajstić information content (AvgIpc) is 2.41. The lowest BCUT2D eigenvalue weighted by Gasteiger charge is -2.02. The standard InChI is InChI=1S/C14H10Cl2N2O2/c15-11-6-4-10(5-7-11)9-17-20-14(19)18-13-3-1-2-12(16)8-13/h1-9H,(H,18,19)/b17-9-. The summed E-state index contributed by atoms with van der Waals surface area (Å²) in [5, 5.41) is 7.22. The molecule has 1 amide bonds. The Labute approximate surface area is 125 Å². The molecule has 0 atom stereocenters. The summed E-state index contributed by atoms with van der Waals surface area (Å²) in [4.78, 5) is 16.1. The van der Waals surface area contributed by atoms with Gasteiger partial charge in [-0.1, -0.05) is 46.6 Å². The summed E-state index contributed by atoms with van der Waals surface area (Å²) in [5.74, 6) is 0. The molecule has 0 aromatic heterocycles. The lowest BCUT2D eigenvalue weighted by Crippen LogP contribution is -2.10. The average molecular weight is 309 g/mol. The van der Waals surface area contributed by atoms with Gasteiger partial charge in [-0.25, -0.2) is 4.79 Å². The number of halogens is 2. The number of rotatable bonds is 3. The van der Waals surface area contributed by atoms with E-state index in [4.69, 9.17) is 23.2 Å². The van der Waals surface area contributed by atoms with Gasteiger partial charge in [-0.3, -0.25) is 10.2 Å². The van der Waals surface area contributed by atoms with Crippen LogP contribution in [0.2, 0.25) is 10.0 Å². The largest absolute Gasteiger partial charge is 0.437 e. The van der Waals surface area contributed by atoms with Crippen molar-refractivity contribution in [3.63, 3.8) is 0 Å². The smallest absolute Gasteiger partial charge is 0.298 e. The quantitative estimate of drug-likeness (QED) is 0.513. The van der Waals surface area contributed by atoms with Crippen molar-refractivity contribution in [3.05, 3.63) is 64.1 Å². The molecule has 0 spiro atoms. The molecule has 20 heavy (non-hydrogen) atoms. The van der Waals surface area contributed by atoms with E-state index in [1.807, 2.05) is 0 Å². The molecule has 0 radical (unpaired) electrons. The predicted octanol–water partition coefficient (Wildman–Crippen LogP) is 4.58. The zero-order valence-corrected chi connectivity index (χ0v) is 11.7. The molecule has 0 aliphatic heterocycles. The fraction of sp³-hybridized carbons (Fsp3) is 0. The fourth-order valence-electron chi connectivity index (χ4n) is 1.39. The first-order valence-electron chi connectivity index (χ1n) is 5.66. The molecule has 4 nitrogen and oxygen atoms in total. The number of carbonyl (C=O) groups is 1. The number of benzene rings is 2. The third-order valence-corrected chi connectivity index (χ3v) is 2.77. The molecular weight excluding hydrogens is 299 g/mol. The first-order valence-corrected chi connectivity index (χ1v) is 6.41. The number of hydrogen-bond acceptors (Lipinski definition) is 3. The van der Waals surface area contributed by atoms with Gasteiger partial charge in [0.2, 0.25) is 0 Å². The molecule has 0 heterocycles. The molecule has 2 aromatic rings. The normalized spacial score (nSPS) is 10.5. The van der Waals surface area contributed by atoms with Gasteiger partial charge < -0.3 is 0 Å². The molecule has 0 fully saturated rings. The van der Waals surface area contributed by atoms with Crippen LogP contribution in [0.25, 0.3) is 0 Å². The summed E-state index contributed by atoms with van der Waals surface area (Å²) < 4.78 is 0. The van der Waals surface area contributed by atoms with Crippen LogP contribution in [0.1, 0.15) is 5.56 Å². The maximum atomic E-state index is 11.5. The van der Waals surface area contributed by atoms with Crippen LogP contribution in [-0.4, -0.2) is 12.3 Å². The number of oxime groups is 1.